The van der Waals surface area contributed by atoms with Crippen LogP contribution < -0.4 is 0 Å². The average Bonchev–Trinajstić information content (AvgIpc) is 3.04. The van der Waals surface area contributed by atoms with Crippen LogP contribution in [0.15, 0.2) is 34.9 Å². The highest BCUT2D eigenvalue weighted by atomic mass is 19.1. The molecule has 0 unspecified atom stereocenters. The van der Waals surface area contributed by atoms with Crippen molar-refractivity contribution in [3.63, 3.8) is 0 Å². The minimum Gasteiger partial charge on any atom is -0.505 e. The molecule has 1 aromatic rings. The number of rotatable bonds is 7. The van der Waals surface area contributed by atoms with Crippen molar-refractivity contribution < 1.29 is 33.9 Å². The molecule has 2 amide bonds. The van der Waals surface area contributed by atoms with Gasteiger partial charge in [0.05, 0.1) is 24.5 Å². The van der Waals surface area contributed by atoms with Crippen LogP contribution in [0, 0.1) is 23.6 Å². The standard InChI is InChI=1S/C25H31BFNO6/c1-3-8-28-24(31)17-11-16(13-29)22-18(23(17)25(28)32)12-26(33)34-21(22)7-4-14(2)9-15-5-6-20(30)19(27)10-15/h5-6,9-10,17-18,21,23,29-30,33H,3-4,7-8,11-13H2,1-2H3/b14-9+/t17-,18+,21-,23-/m1/s1. The lowest BCUT2D eigenvalue weighted by molar-refractivity contribution is -0.140. The number of likely N-dealkylation sites (tertiary alicyclic amines) is 1. The van der Waals surface area contributed by atoms with Gasteiger partial charge in [0.15, 0.2) is 11.6 Å². The molecule has 2 fully saturated rings. The van der Waals surface area contributed by atoms with E-state index in [2.05, 4.69) is 0 Å². The van der Waals surface area contributed by atoms with Gasteiger partial charge >= 0.3 is 7.12 Å². The molecule has 2 aliphatic heterocycles. The van der Waals surface area contributed by atoms with E-state index >= 15 is 0 Å². The number of hydrogen-bond acceptors (Lipinski definition) is 6. The second-order valence-electron chi connectivity index (χ2n) is 9.54. The smallest absolute Gasteiger partial charge is 0.455 e. The molecule has 4 atom stereocenters. The Morgan fingerprint density at radius 2 is 2.06 bits per heavy atom. The Labute approximate surface area is 199 Å². The predicted octanol–water partition coefficient (Wildman–Crippen LogP) is 2.91. The lowest BCUT2D eigenvalue weighted by Gasteiger charge is -2.42. The highest BCUT2D eigenvalue weighted by Gasteiger charge is 2.56. The summed E-state index contributed by atoms with van der Waals surface area (Å²) in [5.74, 6) is -2.82. The van der Waals surface area contributed by atoms with Crippen LogP contribution in [0.1, 0.15) is 45.1 Å². The number of phenolic OH excluding ortho intramolecular Hbond substituents is 1. The predicted molar refractivity (Wildman–Crippen MR) is 125 cm³/mol. The van der Waals surface area contributed by atoms with Crippen molar-refractivity contribution >= 4 is 25.0 Å². The third-order valence-electron chi connectivity index (χ3n) is 7.22. The average molecular weight is 471 g/mol. The molecule has 0 bridgehead atoms. The Hall–Kier alpha value is -2.49. The van der Waals surface area contributed by atoms with E-state index in [-0.39, 0.29) is 30.7 Å². The first-order chi connectivity index (χ1) is 16.2. The molecular formula is C25H31BFNO6. The number of aromatic hydroxyl groups is 1. The number of benzene rings is 1. The first-order valence-electron chi connectivity index (χ1n) is 11.9. The Balaban J connectivity index is 1.56. The van der Waals surface area contributed by atoms with E-state index in [1.807, 2.05) is 19.9 Å². The molecule has 1 aliphatic carbocycles. The SMILES string of the molecule is CCCN1C(=O)[C@@H]2[C@@H](CC(CO)=C3[C@@H](CC/C(C)=C/c4ccc(O)c(F)c4)OB(O)C[C@@H]32)C1=O. The highest BCUT2D eigenvalue weighted by molar-refractivity contribution is 6.43. The van der Waals surface area contributed by atoms with Crippen LogP contribution in [0.4, 0.5) is 4.39 Å². The molecule has 2 saturated heterocycles. The molecular weight excluding hydrogens is 440 g/mol. The number of carbonyl (C=O) groups is 2. The van der Waals surface area contributed by atoms with Gasteiger partial charge in [0.2, 0.25) is 11.8 Å². The van der Waals surface area contributed by atoms with Gasteiger partial charge in [-0.2, -0.15) is 0 Å². The van der Waals surface area contributed by atoms with E-state index in [0.717, 1.165) is 16.7 Å². The van der Waals surface area contributed by atoms with Crippen molar-refractivity contribution in [2.45, 2.75) is 52.0 Å². The summed E-state index contributed by atoms with van der Waals surface area (Å²) in [6, 6.07) is 4.18. The molecule has 4 rings (SSSR count). The second-order valence-corrected chi connectivity index (χ2v) is 9.54. The molecule has 0 aromatic heterocycles. The van der Waals surface area contributed by atoms with Gasteiger partial charge in [-0.05, 0) is 73.7 Å². The van der Waals surface area contributed by atoms with Crippen molar-refractivity contribution in [1.82, 2.24) is 4.90 Å². The highest BCUT2D eigenvalue weighted by Crippen LogP contribution is 2.50. The van der Waals surface area contributed by atoms with E-state index < -0.39 is 36.6 Å². The van der Waals surface area contributed by atoms with Gasteiger partial charge in [0, 0.05) is 6.54 Å². The Morgan fingerprint density at radius 3 is 2.74 bits per heavy atom. The zero-order valence-corrected chi connectivity index (χ0v) is 19.5. The molecule has 3 N–H and O–H groups in total. The minimum atomic E-state index is -1.06. The van der Waals surface area contributed by atoms with Crippen LogP contribution in [0.5, 0.6) is 5.75 Å². The van der Waals surface area contributed by atoms with E-state index in [9.17, 15) is 29.2 Å². The van der Waals surface area contributed by atoms with Gasteiger partial charge in [-0.15, -0.1) is 0 Å². The summed E-state index contributed by atoms with van der Waals surface area (Å²) in [6.07, 6.45) is 3.65. The van der Waals surface area contributed by atoms with Crippen LogP contribution in [0.25, 0.3) is 6.08 Å². The van der Waals surface area contributed by atoms with Crippen molar-refractivity contribution in [2.24, 2.45) is 17.8 Å². The molecule has 1 aromatic carbocycles. The Bertz CT molecular complexity index is 1040. The van der Waals surface area contributed by atoms with Crippen molar-refractivity contribution in [3.05, 3.63) is 46.3 Å². The van der Waals surface area contributed by atoms with Gasteiger partial charge in [-0.25, -0.2) is 4.39 Å². The number of amides is 2. The lowest BCUT2D eigenvalue weighted by Crippen LogP contribution is -2.46. The zero-order valence-electron chi connectivity index (χ0n) is 19.5. The Morgan fingerprint density at radius 1 is 1.29 bits per heavy atom. The van der Waals surface area contributed by atoms with Gasteiger partial charge < -0.3 is 19.9 Å². The maximum absolute atomic E-state index is 13.6. The first-order valence-corrected chi connectivity index (χ1v) is 11.9. The lowest BCUT2D eigenvalue weighted by atomic mass is 9.58. The number of imide groups is 1. The molecule has 0 spiro atoms. The van der Waals surface area contributed by atoms with E-state index in [1.54, 1.807) is 6.07 Å². The summed E-state index contributed by atoms with van der Waals surface area (Å²) < 4.78 is 19.5. The van der Waals surface area contributed by atoms with E-state index in [4.69, 9.17) is 4.65 Å². The summed E-state index contributed by atoms with van der Waals surface area (Å²) in [4.78, 5) is 27.4. The number of phenols is 1. The molecule has 34 heavy (non-hydrogen) atoms. The fourth-order valence-corrected chi connectivity index (χ4v) is 5.75. The maximum atomic E-state index is 13.6. The van der Waals surface area contributed by atoms with Crippen molar-refractivity contribution in [2.75, 3.05) is 13.2 Å². The molecule has 0 saturated carbocycles. The number of aliphatic hydroxyl groups is 1. The third kappa shape index (κ3) is 4.56. The van der Waals surface area contributed by atoms with Crippen molar-refractivity contribution in [3.8, 4) is 5.75 Å². The molecule has 2 heterocycles. The van der Waals surface area contributed by atoms with Gasteiger partial charge in [0.25, 0.3) is 0 Å². The topological polar surface area (TPSA) is 107 Å². The van der Waals surface area contributed by atoms with E-state index in [1.165, 1.54) is 17.0 Å². The molecule has 9 heteroatoms. The summed E-state index contributed by atoms with van der Waals surface area (Å²) >= 11 is 0. The zero-order chi connectivity index (χ0) is 24.6. The number of allylic oxidation sites excluding steroid dienone is 1. The number of nitrogens with zero attached hydrogens (tertiary/aromatic N) is 1. The summed E-state index contributed by atoms with van der Waals surface area (Å²) in [5.41, 5.74) is 3.14. The number of halogens is 1. The van der Waals surface area contributed by atoms with Gasteiger partial charge in [-0.3, -0.25) is 14.5 Å². The van der Waals surface area contributed by atoms with Crippen LogP contribution in [0.3, 0.4) is 0 Å². The molecule has 182 valence electrons. The normalized spacial score (nSPS) is 27.4. The minimum absolute atomic E-state index is 0.181. The maximum Gasteiger partial charge on any atom is 0.455 e. The molecule has 3 aliphatic rings. The monoisotopic (exact) mass is 471 g/mol. The largest absolute Gasteiger partial charge is 0.505 e. The summed E-state index contributed by atoms with van der Waals surface area (Å²) in [5, 5.41) is 30.0. The fourth-order valence-electron chi connectivity index (χ4n) is 5.75. The van der Waals surface area contributed by atoms with Gasteiger partial charge in [-0.1, -0.05) is 24.6 Å². The number of carbonyl (C=O) groups excluding carboxylic acids is 2. The summed E-state index contributed by atoms with van der Waals surface area (Å²) in [7, 11) is -1.06. The number of fused-ring (bicyclic) bond motifs is 3. The Kier molecular flexibility index (Phi) is 7.26. The van der Waals surface area contributed by atoms with Crippen LogP contribution in [0.2, 0.25) is 6.32 Å². The second kappa shape index (κ2) is 10.0. The molecule has 0 radical (unpaired) electrons. The number of hydrogen-bond donors (Lipinski definition) is 3. The third-order valence-corrected chi connectivity index (χ3v) is 7.22. The first kappa shape index (κ1) is 24.6. The number of aliphatic hydroxyl groups excluding tert-OH is 1. The van der Waals surface area contributed by atoms with Crippen molar-refractivity contribution in [1.29, 1.82) is 0 Å². The van der Waals surface area contributed by atoms with E-state index in [0.29, 0.717) is 37.8 Å². The molecule has 7 nitrogen and oxygen atoms in total. The van der Waals surface area contributed by atoms with Crippen LogP contribution in [-0.4, -0.2) is 58.3 Å². The fraction of sp³-hybridized carbons (Fsp3) is 0.520. The van der Waals surface area contributed by atoms with Crippen LogP contribution >= 0.6 is 0 Å². The quantitative estimate of drug-likeness (QED) is 0.321. The van der Waals surface area contributed by atoms with Crippen LogP contribution in [-0.2, 0) is 14.2 Å². The van der Waals surface area contributed by atoms with Gasteiger partial charge in [0.1, 0.15) is 0 Å². The summed E-state index contributed by atoms with van der Waals surface area (Å²) in [6.45, 7) is 3.98.